The lowest BCUT2D eigenvalue weighted by atomic mass is 10.2. The average Bonchev–Trinajstić information content (AvgIpc) is 2.53. The number of anilines is 1. The van der Waals surface area contributed by atoms with Crippen molar-refractivity contribution >= 4 is 17.9 Å². The minimum Gasteiger partial charge on any atom is -0.489 e. The number of ether oxygens (including phenoxy) is 2. The van der Waals surface area contributed by atoms with E-state index in [9.17, 15) is 9.59 Å². The Labute approximate surface area is 98.7 Å². The molecule has 0 bridgehead atoms. The van der Waals surface area contributed by atoms with E-state index < -0.39 is 0 Å². The number of amides is 1. The van der Waals surface area contributed by atoms with E-state index in [0.717, 1.165) is 6.42 Å². The van der Waals surface area contributed by atoms with Gasteiger partial charge in [0.25, 0.3) is 0 Å². The topological polar surface area (TPSA) is 64.6 Å². The fourth-order valence-corrected chi connectivity index (χ4v) is 1.65. The van der Waals surface area contributed by atoms with E-state index in [0.29, 0.717) is 42.2 Å². The van der Waals surface area contributed by atoms with Gasteiger partial charge >= 0.3 is 0 Å². The zero-order valence-corrected chi connectivity index (χ0v) is 9.49. The predicted molar refractivity (Wildman–Crippen MR) is 61.7 cm³/mol. The molecule has 0 saturated carbocycles. The molecular formula is C12H13NO4. The summed E-state index contributed by atoms with van der Waals surface area (Å²) in [6, 6.07) is 3.18. The van der Waals surface area contributed by atoms with Gasteiger partial charge in [-0.25, -0.2) is 0 Å². The van der Waals surface area contributed by atoms with Gasteiger partial charge in [-0.1, -0.05) is 0 Å². The third kappa shape index (κ3) is 2.55. The molecule has 0 radical (unpaired) electrons. The van der Waals surface area contributed by atoms with E-state index in [-0.39, 0.29) is 5.91 Å². The summed E-state index contributed by atoms with van der Waals surface area (Å²) in [5.74, 6) is 0.766. The smallest absolute Gasteiger partial charge is 0.221 e. The quantitative estimate of drug-likeness (QED) is 0.791. The summed E-state index contributed by atoms with van der Waals surface area (Å²) in [4.78, 5) is 21.9. The Hall–Kier alpha value is -2.04. The Morgan fingerprint density at radius 1 is 1.35 bits per heavy atom. The second-order valence-corrected chi connectivity index (χ2v) is 3.75. The summed E-state index contributed by atoms with van der Waals surface area (Å²) >= 11 is 0. The van der Waals surface area contributed by atoms with Crippen molar-refractivity contribution in [2.75, 3.05) is 18.5 Å². The number of aldehydes is 1. The number of hydrogen-bond acceptors (Lipinski definition) is 4. The zero-order chi connectivity index (χ0) is 12.3. The van der Waals surface area contributed by atoms with Crippen LogP contribution in [0.5, 0.6) is 11.5 Å². The van der Waals surface area contributed by atoms with Gasteiger partial charge in [-0.15, -0.1) is 0 Å². The van der Waals surface area contributed by atoms with Crippen LogP contribution in [-0.4, -0.2) is 25.4 Å². The van der Waals surface area contributed by atoms with Crippen LogP contribution in [0.1, 0.15) is 23.7 Å². The lowest BCUT2D eigenvalue weighted by Gasteiger charge is -2.13. The molecule has 1 aliphatic heterocycles. The Bertz CT molecular complexity index is 456. The van der Waals surface area contributed by atoms with Crippen LogP contribution in [0.4, 0.5) is 5.69 Å². The highest BCUT2D eigenvalue weighted by Crippen LogP contribution is 2.38. The van der Waals surface area contributed by atoms with Crippen molar-refractivity contribution in [1.29, 1.82) is 0 Å². The minimum atomic E-state index is -0.219. The van der Waals surface area contributed by atoms with Gasteiger partial charge in [-0.2, -0.15) is 0 Å². The molecule has 1 aromatic rings. The van der Waals surface area contributed by atoms with Crippen molar-refractivity contribution in [3.05, 3.63) is 17.7 Å². The van der Waals surface area contributed by atoms with Crippen LogP contribution in [-0.2, 0) is 4.79 Å². The first kappa shape index (κ1) is 11.4. The van der Waals surface area contributed by atoms with Gasteiger partial charge in [0.2, 0.25) is 5.91 Å². The zero-order valence-electron chi connectivity index (χ0n) is 9.49. The van der Waals surface area contributed by atoms with E-state index in [2.05, 4.69) is 5.32 Å². The molecule has 1 aliphatic rings. The second kappa shape index (κ2) is 4.86. The van der Waals surface area contributed by atoms with Crippen LogP contribution < -0.4 is 14.8 Å². The van der Waals surface area contributed by atoms with Crippen molar-refractivity contribution < 1.29 is 19.1 Å². The number of carbonyl (C=O) groups excluding carboxylic acids is 2. The third-order valence-corrected chi connectivity index (χ3v) is 2.32. The fraction of sp³-hybridized carbons (Fsp3) is 0.333. The monoisotopic (exact) mass is 235 g/mol. The summed E-state index contributed by atoms with van der Waals surface area (Å²) in [6.07, 6.45) is 1.48. The molecule has 17 heavy (non-hydrogen) atoms. The average molecular weight is 235 g/mol. The number of carbonyl (C=O) groups is 2. The largest absolute Gasteiger partial charge is 0.489 e. The SMILES string of the molecule is CC(=O)Nc1cc(C=O)cc2c1OCCCO2. The van der Waals surface area contributed by atoms with Gasteiger partial charge in [0, 0.05) is 18.9 Å². The first-order valence-corrected chi connectivity index (χ1v) is 5.37. The minimum absolute atomic E-state index is 0.219. The summed E-state index contributed by atoms with van der Waals surface area (Å²) in [6.45, 7) is 2.46. The number of hydrogen-bond donors (Lipinski definition) is 1. The van der Waals surface area contributed by atoms with Crippen molar-refractivity contribution in [3.8, 4) is 11.5 Å². The van der Waals surface area contributed by atoms with E-state index >= 15 is 0 Å². The van der Waals surface area contributed by atoms with Gasteiger partial charge in [0.1, 0.15) is 6.29 Å². The highest BCUT2D eigenvalue weighted by atomic mass is 16.5. The Morgan fingerprint density at radius 3 is 2.82 bits per heavy atom. The molecular weight excluding hydrogens is 222 g/mol. The summed E-state index contributed by atoms with van der Waals surface area (Å²) in [5, 5.41) is 2.63. The maximum Gasteiger partial charge on any atom is 0.221 e. The molecule has 90 valence electrons. The lowest BCUT2D eigenvalue weighted by molar-refractivity contribution is -0.114. The molecule has 0 atom stereocenters. The highest BCUT2D eigenvalue weighted by Gasteiger charge is 2.17. The molecule has 0 spiro atoms. The molecule has 1 N–H and O–H groups in total. The Kier molecular flexibility index (Phi) is 3.27. The van der Waals surface area contributed by atoms with E-state index in [4.69, 9.17) is 9.47 Å². The van der Waals surface area contributed by atoms with Crippen molar-refractivity contribution in [3.63, 3.8) is 0 Å². The summed E-state index contributed by atoms with van der Waals surface area (Å²) in [5.41, 5.74) is 0.914. The van der Waals surface area contributed by atoms with Crippen LogP contribution in [0.15, 0.2) is 12.1 Å². The number of nitrogens with one attached hydrogen (secondary N) is 1. The molecule has 0 aromatic heterocycles. The molecule has 0 aliphatic carbocycles. The van der Waals surface area contributed by atoms with Crippen LogP contribution in [0, 0.1) is 0 Å². The summed E-state index contributed by atoms with van der Waals surface area (Å²) in [7, 11) is 0. The second-order valence-electron chi connectivity index (χ2n) is 3.75. The third-order valence-electron chi connectivity index (χ3n) is 2.32. The lowest BCUT2D eigenvalue weighted by Crippen LogP contribution is -2.08. The van der Waals surface area contributed by atoms with Crippen LogP contribution >= 0.6 is 0 Å². The van der Waals surface area contributed by atoms with E-state index in [1.807, 2.05) is 0 Å². The Balaban J connectivity index is 2.46. The van der Waals surface area contributed by atoms with Crippen molar-refractivity contribution in [2.45, 2.75) is 13.3 Å². The molecule has 2 rings (SSSR count). The molecule has 5 nitrogen and oxygen atoms in total. The van der Waals surface area contributed by atoms with E-state index in [1.54, 1.807) is 12.1 Å². The number of fused-ring (bicyclic) bond motifs is 1. The number of benzene rings is 1. The molecule has 0 unspecified atom stereocenters. The molecule has 0 fully saturated rings. The molecule has 1 amide bonds. The van der Waals surface area contributed by atoms with Crippen LogP contribution in [0.25, 0.3) is 0 Å². The first-order chi connectivity index (χ1) is 8.20. The van der Waals surface area contributed by atoms with Gasteiger partial charge in [0.05, 0.1) is 18.9 Å². The maximum absolute atomic E-state index is 11.1. The summed E-state index contributed by atoms with van der Waals surface area (Å²) < 4.78 is 11.0. The first-order valence-electron chi connectivity index (χ1n) is 5.37. The maximum atomic E-state index is 11.1. The van der Waals surface area contributed by atoms with Gasteiger partial charge in [-0.3, -0.25) is 9.59 Å². The van der Waals surface area contributed by atoms with Crippen LogP contribution in [0.3, 0.4) is 0 Å². The van der Waals surface area contributed by atoms with E-state index in [1.165, 1.54) is 6.92 Å². The number of rotatable bonds is 2. The molecule has 5 heteroatoms. The van der Waals surface area contributed by atoms with Gasteiger partial charge < -0.3 is 14.8 Å². The normalized spacial score (nSPS) is 13.7. The van der Waals surface area contributed by atoms with Crippen molar-refractivity contribution in [1.82, 2.24) is 0 Å². The van der Waals surface area contributed by atoms with Crippen LogP contribution in [0.2, 0.25) is 0 Å². The van der Waals surface area contributed by atoms with Gasteiger partial charge in [0.15, 0.2) is 11.5 Å². The molecule has 1 heterocycles. The molecule has 0 saturated heterocycles. The standard InChI is InChI=1S/C12H13NO4/c1-8(15)13-10-5-9(7-14)6-11-12(10)17-4-2-3-16-11/h5-7H,2-4H2,1H3,(H,13,15). The van der Waals surface area contributed by atoms with Crippen molar-refractivity contribution in [2.24, 2.45) is 0 Å². The molecule has 1 aromatic carbocycles. The fourth-order valence-electron chi connectivity index (χ4n) is 1.65. The van der Waals surface area contributed by atoms with Gasteiger partial charge in [-0.05, 0) is 12.1 Å². The predicted octanol–water partition coefficient (Wildman–Crippen LogP) is 1.62. The Morgan fingerprint density at radius 2 is 2.12 bits per heavy atom. The highest BCUT2D eigenvalue weighted by molar-refractivity contribution is 5.93.